The summed E-state index contributed by atoms with van der Waals surface area (Å²) < 4.78 is 5.71. The summed E-state index contributed by atoms with van der Waals surface area (Å²) >= 11 is 1.71. The standard InChI is InChI=1S/C13H16N2OS/c1-3-13-15-9(2)12(17-13)8-16-11-7-5-4-6-10(11)14/h4-7H,3,8,14H2,1-2H3. The lowest BCUT2D eigenvalue weighted by Gasteiger charge is -2.07. The first-order chi connectivity index (χ1) is 8.20. The number of ether oxygens (including phenoxy) is 1. The van der Waals surface area contributed by atoms with Gasteiger partial charge in [0, 0.05) is 0 Å². The molecule has 17 heavy (non-hydrogen) atoms. The minimum atomic E-state index is 0.539. The summed E-state index contributed by atoms with van der Waals surface area (Å²) in [6, 6.07) is 7.54. The van der Waals surface area contributed by atoms with Crippen molar-refractivity contribution < 1.29 is 4.74 Å². The highest BCUT2D eigenvalue weighted by Crippen LogP contribution is 2.24. The fourth-order valence-corrected chi connectivity index (χ4v) is 2.45. The monoisotopic (exact) mass is 248 g/mol. The Bertz CT molecular complexity index is 508. The molecule has 4 heteroatoms. The van der Waals surface area contributed by atoms with Crippen LogP contribution in [0.25, 0.3) is 0 Å². The van der Waals surface area contributed by atoms with Crippen molar-refractivity contribution in [3.63, 3.8) is 0 Å². The summed E-state index contributed by atoms with van der Waals surface area (Å²) in [6.45, 7) is 4.67. The number of nitrogen functional groups attached to an aromatic ring is 1. The Hall–Kier alpha value is -1.55. The van der Waals surface area contributed by atoms with Gasteiger partial charge in [-0.2, -0.15) is 0 Å². The number of rotatable bonds is 4. The minimum absolute atomic E-state index is 0.539. The molecule has 3 nitrogen and oxygen atoms in total. The van der Waals surface area contributed by atoms with E-state index in [0.717, 1.165) is 22.9 Å². The van der Waals surface area contributed by atoms with Crippen LogP contribution in [0.4, 0.5) is 5.69 Å². The van der Waals surface area contributed by atoms with Crippen LogP contribution in [0.5, 0.6) is 5.75 Å². The molecular weight excluding hydrogens is 232 g/mol. The molecule has 0 unspecified atom stereocenters. The Morgan fingerprint density at radius 1 is 1.35 bits per heavy atom. The molecule has 2 aromatic rings. The number of nitrogens with zero attached hydrogens (tertiary/aromatic N) is 1. The second kappa shape index (κ2) is 5.19. The summed E-state index contributed by atoms with van der Waals surface area (Å²) in [5.41, 5.74) is 7.55. The Balaban J connectivity index is 2.07. The van der Waals surface area contributed by atoms with Gasteiger partial charge in [0.2, 0.25) is 0 Å². The van der Waals surface area contributed by atoms with E-state index in [-0.39, 0.29) is 0 Å². The van der Waals surface area contributed by atoms with Gasteiger partial charge in [-0.3, -0.25) is 0 Å². The van der Waals surface area contributed by atoms with Gasteiger partial charge < -0.3 is 10.5 Å². The quantitative estimate of drug-likeness (QED) is 0.845. The van der Waals surface area contributed by atoms with Gasteiger partial charge in [0.05, 0.1) is 21.3 Å². The van der Waals surface area contributed by atoms with Gasteiger partial charge in [0.1, 0.15) is 12.4 Å². The predicted octanol–water partition coefficient (Wildman–Crippen LogP) is 3.18. The number of benzene rings is 1. The maximum absolute atomic E-state index is 5.82. The lowest BCUT2D eigenvalue weighted by molar-refractivity contribution is 0.310. The molecule has 2 rings (SSSR count). The number of aromatic nitrogens is 1. The average Bonchev–Trinajstić information content (AvgIpc) is 2.69. The van der Waals surface area contributed by atoms with Gasteiger partial charge in [0.15, 0.2) is 0 Å². The first-order valence-electron chi connectivity index (χ1n) is 5.63. The first kappa shape index (κ1) is 11.9. The molecule has 0 bridgehead atoms. The molecule has 1 aromatic heterocycles. The predicted molar refractivity (Wildman–Crippen MR) is 71.4 cm³/mol. The molecule has 2 N–H and O–H groups in total. The van der Waals surface area contributed by atoms with Gasteiger partial charge in [-0.1, -0.05) is 19.1 Å². The van der Waals surface area contributed by atoms with Gasteiger partial charge in [-0.05, 0) is 25.5 Å². The van der Waals surface area contributed by atoms with Crippen LogP contribution in [0.2, 0.25) is 0 Å². The van der Waals surface area contributed by atoms with E-state index >= 15 is 0 Å². The molecule has 0 fully saturated rings. The molecule has 0 saturated carbocycles. The van der Waals surface area contributed by atoms with Crippen molar-refractivity contribution in [3.05, 3.63) is 39.8 Å². The minimum Gasteiger partial charge on any atom is -0.486 e. The third kappa shape index (κ3) is 2.77. The maximum Gasteiger partial charge on any atom is 0.142 e. The molecule has 0 radical (unpaired) electrons. The molecule has 0 aliphatic carbocycles. The second-order valence-corrected chi connectivity index (χ2v) is 4.96. The lowest BCUT2D eigenvalue weighted by atomic mass is 10.3. The normalized spacial score (nSPS) is 10.5. The Labute approximate surface area is 105 Å². The van der Waals surface area contributed by atoms with E-state index in [0.29, 0.717) is 12.3 Å². The Morgan fingerprint density at radius 2 is 2.12 bits per heavy atom. The largest absolute Gasteiger partial charge is 0.486 e. The third-order valence-electron chi connectivity index (χ3n) is 2.52. The molecule has 0 saturated heterocycles. The van der Waals surface area contributed by atoms with E-state index in [1.165, 1.54) is 4.88 Å². The topological polar surface area (TPSA) is 48.1 Å². The van der Waals surface area contributed by atoms with E-state index < -0.39 is 0 Å². The molecule has 0 aliphatic rings. The molecule has 1 heterocycles. The third-order valence-corrected chi connectivity index (χ3v) is 3.79. The van der Waals surface area contributed by atoms with Crippen molar-refractivity contribution in [1.82, 2.24) is 4.98 Å². The van der Waals surface area contributed by atoms with E-state index in [1.807, 2.05) is 31.2 Å². The molecule has 90 valence electrons. The van der Waals surface area contributed by atoms with Crippen molar-refractivity contribution >= 4 is 17.0 Å². The van der Waals surface area contributed by atoms with Crippen LogP contribution in [0, 0.1) is 6.92 Å². The second-order valence-electron chi connectivity index (χ2n) is 3.80. The number of hydrogen-bond acceptors (Lipinski definition) is 4. The molecule has 0 aliphatic heterocycles. The number of aryl methyl sites for hydroxylation is 2. The number of anilines is 1. The van der Waals surface area contributed by atoms with Crippen molar-refractivity contribution in [2.45, 2.75) is 26.9 Å². The smallest absolute Gasteiger partial charge is 0.142 e. The van der Waals surface area contributed by atoms with Crippen LogP contribution >= 0.6 is 11.3 Å². The summed E-state index contributed by atoms with van der Waals surface area (Å²) in [7, 11) is 0. The fraction of sp³-hybridized carbons (Fsp3) is 0.308. The van der Waals surface area contributed by atoms with Crippen LogP contribution in [0.3, 0.4) is 0 Å². The van der Waals surface area contributed by atoms with Crippen molar-refractivity contribution in [3.8, 4) is 5.75 Å². The molecule has 0 spiro atoms. The Morgan fingerprint density at radius 3 is 2.76 bits per heavy atom. The average molecular weight is 248 g/mol. The number of para-hydroxylation sites is 2. The molecule has 0 atom stereocenters. The van der Waals surface area contributed by atoms with Crippen molar-refractivity contribution in [2.24, 2.45) is 0 Å². The fourth-order valence-electron chi connectivity index (χ4n) is 1.53. The van der Waals surface area contributed by atoms with Crippen LogP contribution in [-0.4, -0.2) is 4.98 Å². The number of hydrogen-bond donors (Lipinski definition) is 1. The van der Waals surface area contributed by atoms with E-state index in [1.54, 1.807) is 11.3 Å². The SMILES string of the molecule is CCc1nc(C)c(COc2ccccc2N)s1. The van der Waals surface area contributed by atoms with Crippen molar-refractivity contribution in [2.75, 3.05) is 5.73 Å². The highest BCUT2D eigenvalue weighted by atomic mass is 32.1. The summed E-state index contributed by atoms with van der Waals surface area (Å²) in [4.78, 5) is 5.64. The molecule has 0 amide bonds. The van der Waals surface area contributed by atoms with Crippen LogP contribution in [-0.2, 0) is 13.0 Å². The number of thiazole rings is 1. The van der Waals surface area contributed by atoms with Crippen LogP contribution in [0.15, 0.2) is 24.3 Å². The van der Waals surface area contributed by atoms with Crippen LogP contribution in [0.1, 0.15) is 22.5 Å². The maximum atomic E-state index is 5.82. The highest BCUT2D eigenvalue weighted by Gasteiger charge is 2.07. The van der Waals surface area contributed by atoms with E-state index in [9.17, 15) is 0 Å². The highest BCUT2D eigenvalue weighted by molar-refractivity contribution is 7.11. The summed E-state index contributed by atoms with van der Waals surface area (Å²) in [6.07, 6.45) is 0.971. The zero-order valence-electron chi connectivity index (χ0n) is 10.1. The Kier molecular flexibility index (Phi) is 3.64. The van der Waals surface area contributed by atoms with Gasteiger partial charge >= 0.3 is 0 Å². The lowest BCUT2D eigenvalue weighted by Crippen LogP contribution is -1.98. The van der Waals surface area contributed by atoms with E-state index in [4.69, 9.17) is 10.5 Å². The zero-order chi connectivity index (χ0) is 12.3. The molecule has 1 aromatic carbocycles. The van der Waals surface area contributed by atoms with E-state index in [2.05, 4.69) is 11.9 Å². The van der Waals surface area contributed by atoms with Crippen LogP contribution < -0.4 is 10.5 Å². The first-order valence-corrected chi connectivity index (χ1v) is 6.44. The summed E-state index contributed by atoms with van der Waals surface area (Å²) in [5.74, 6) is 0.735. The number of nitrogens with two attached hydrogens (primary N) is 1. The molecular formula is C13H16N2OS. The van der Waals surface area contributed by atoms with Gasteiger partial charge in [-0.25, -0.2) is 4.98 Å². The summed E-state index contributed by atoms with van der Waals surface area (Å²) in [5, 5.41) is 1.15. The van der Waals surface area contributed by atoms with Gasteiger partial charge in [-0.15, -0.1) is 11.3 Å². The van der Waals surface area contributed by atoms with Gasteiger partial charge in [0.25, 0.3) is 0 Å². The van der Waals surface area contributed by atoms with Crippen molar-refractivity contribution in [1.29, 1.82) is 0 Å². The zero-order valence-corrected chi connectivity index (χ0v) is 10.9.